The maximum absolute atomic E-state index is 12.5. The van der Waals surface area contributed by atoms with Gasteiger partial charge < -0.3 is 10.2 Å². The van der Waals surface area contributed by atoms with Crippen molar-refractivity contribution in [2.75, 3.05) is 6.54 Å². The first kappa shape index (κ1) is 15.1. The van der Waals surface area contributed by atoms with Crippen molar-refractivity contribution in [2.45, 2.75) is 31.6 Å². The van der Waals surface area contributed by atoms with Gasteiger partial charge in [0.25, 0.3) is 0 Å². The van der Waals surface area contributed by atoms with Gasteiger partial charge in [0.05, 0.1) is 12.2 Å². The molecule has 7 nitrogen and oxygen atoms in total. The summed E-state index contributed by atoms with van der Waals surface area (Å²) in [6, 6.07) is -0.0115. The highest BCUT2D eigenvalue weighted by Crippen LogP contribution is 2.48. The van der Waals surface area contributed by atoms with E-state index in [0.717, 1.165) is 17.3 Å². The average Bonchev–Trinajstić information content (AvgIpc) is 2.93. The fourth-order valence-corrected chi connectivity index (χ4v) is 4.03. The first-order valence-corrected chi connectivity index (χ1v) is 8.00. The summed E-state index contributed by atoms with van der Waals surface area (Å²) < 4.78 is 1.73. The lowest BCUT2D eigenvalue weighted by atomic mass is 9.72. The molecular formula is C14H19N5O2S. The van der Waals surface area contributed by atoms with Crippen LogP contribution in [0.4, 0.5) is 0 Å². The molecular weight excluding hydrogens is 302 g/mol. The lowest BCUT2D eigenvalue weighted by Crippen LogP contribution is -2.58. The van der Waals surface area contributed by atoms with Crippen molar-refractivity contribution in [1.29, 1.82) is 5.41 Å². The molecule has 2 saturated heterocycles. The number of rotatable bonds is 3. The molecule has 2 atom stereocenters. The normalized spacial score (nSPS) is 26.8. The number of amidine groups is 1. The molecule has 22 heavy (non-hydrogen) atoms. The molecule has 2 unspecified atom stereocenters. The summed E-state index contributed by atoms with van der Waals surface area (Å²) in [6.07, 6.45) is 3.85. The molecule has 0 saturated carbocycles. The Labute approximate surface area is 132 Å². The van der Waals surface area contributed by atoms with Crippen molar-refractivity contribution in [2.24, 2.45) is 12.5 Å². The predicted octanol–water partition coefficient (Wildman–Crippen LogP) is 0.886. The Morgan fingerprint density at radius 1 is 1.59 bits per heavy atom. The van der Waals surface area contributed by atoms with Crippen molar-refractivity contribution in [1.82, 2.24) is 20.0 Å². The number of thioether (sulfide) groups is 1. The molecule has 0 bridgehead atoms. The second-order valence-electron chi connectivity index (χ2n) is 6.49. The number of carbonyl (C=O) groups excluding carboxylic acids is 2. The monoisotopic (exact) mass is 321 g/mol. The quantitative estimate of drug-likeness (QED) is 0.865. The van der Waals surface area contributed by atoms with Crippen molar-refractivity contribution in [3.8, 4) is 0 Å². The molecule has 1 aromatic heterocycles. The Morgan fingerprint density at radius 3 is 2.82 bits per heavy atom. The van der Waals surface area contributed by atoms with Crippen LogP contribution in [-0.2, 0) is 16.6 Å². The van der Waals surface area contributed by atoms with Gasteiger partial charge in [-0.2, -0.15) is 5.10 Å². The Balaban J connectivity index is 1.72. The van der Waals surface area contributed by atoms with E-state index in [-0.39, 0.29) is 34.9 Å². The van der Waals surface area contributed by atoms with E-state index < -0.39 is 5.25 Å². The summed E-state index contributed by atoms with van der Waals surface area (Å²) >= 11 is 1.11. The van der Waals surface area contributed by atoms with Crippen LogP contribution in [0.15, 0.2) is 12.4 Å². The number of aryl methyl sites for hydroxylation is 1. The maximum atomic E-state index is 12.5. The summed E-state index contributed by atoms with van der Waals surface area (Å²) in [4.78, 5) is 26.0. The zero-order valence-corrected chi connectivity index (χ0v) is 13.6. The summed E-state index contributed by atoms with van der Waals surface area (Å²) in [6.45, 7) is 4.92. The molecule has 3 rings (SSSR count). The molecule has 2 amide bonds. The maximum Gasteiger partial charge on any atom is 0.240 e. The first-order chi connectivity index (χ1) is 10.3. The Kier molecular flexibility index (Phi) is 3.51. The van der Waals surface area contributed by atoms with Gasteiger partial charge in [-0.15, -0.1) is 0 Å². The summed E-state index contributed by atoms with van der Waals surface area (Å²) in [7, 11) is 1.85. The van der Waals surface area contributed by atoms with Gasteiger partial charge in [-0.05, 0) is 0 Å². The van der Waals surface area contributed by atoms with Crippen LogP contribution in [0.2, 0.25) is 0 Å². The van der Waals surface area contributed by atoms with Gasteiger partial charge in [-0.25, -0.2) is 0 Å². The number of carbonyl (C=O) groups is 2. The largest absolute Gasteiger partial charge is 0.334 e. The van der Waals surface area contributed by atoms with E-state index in [1.165, 1.54) is 0 Å². The second kappa shape index (κ2) is 5.12. The van der Waals surface area contributed by atoms with Crippen molar-refractivity contribution in [3.63, 3.8) is 0 Å². The molecule has 1 aromatic rings. The van der Waals surface area contributed by atoms with Crippen molar-refractivity contribution >= 4 is 28.7 Å². The minimum atomic E-state index is -0.488. The standard InChI is InChI=1S/C14H19N5O2S/c1-14(2)7-19(11(14)8-5-16-18(3)6-8)10(20)4-9-12(21)17-13(15)22-9/h5-6,9,11H,4,7H2,1-3H3,(H2,15,17,21). The van der Waals surface area contributed by atoms with Gasteiger partial charge in [-0.3, -0.25) is 19.7 Å². The van der Waals surface area contributed by atoms with Crippen LogP contribution >= 0.6 is 11.8 Å². The van der Waals surface area contributed by atoms with Crippen LogP contribution in [0.25, 0.3) is 0 Å². The number of nitrogens with zero attached hydrogens (tertiary/aromatic N) is 3. The second-order valence-corrected chi connectivity index (χ2v) is 7.70. The number of hydrogen-bond donors (Lipinski definition) is 2. The first-order valence-electron chi connectivity index (χ1n) is 7.12. The smallest absolute Gasteiger partial charge is 0.240 e. The van der Waals surface area contributed by atoms with Crippen LogP contribution in [0.3, 0.4) is 0 Å². The lowest BCUT2D eigenvalue weighted by molar-refractivity contribution is -0.152. The summed E-state index contributed by atoms with van der Waals surface area (Å²) in [5, 5.41) is 13.7. The highest BCUT2D eigenvalue weighted by Gasteiger charge is 2.50. The predicted molar refractivity (Wildman–Crippen MR) is 83.3 cm³/mol. The molecule has 118 valence electrons. The molecule has 2 aliphatic heterocycles. The summed E-state index contributed by atoms with van der Waals surface area (Å²) in [5.74, 6) is -0.295. The van der Waals surface area contributed by atoms with E-state index in [2.05, 4.69) is 24.3 Å². The van der Waals surface area contributed by atoms with Crippen molar-refractivity contribution < 1.29 is 9.59 Å². The zero-order valence-electron chi connectivity index (χ0n) is 12.8. The third kappa shape index (κ3) is 2.51. The van der Waals surface area contributed by atoms with Crippen LogP contribution in [0.5, 0.6) is 0 Å². The number of hydrogen-bond acceptors (Lipinski definition) is 5. The molecule has 0 radical (unpaired) electrons. The van der Waals surface area contributed by atoms with E-state index in [1.807, 2.05) is 18.1 Å². The highest BCUT2D eigenvalue weighted by molar-refractivity contribution is 8.15. The van der Waals surface area contributed by atoms with Gasteiger partial charge in [0.1, 0.15) is 5.25 Å². The van der Waals surface area contributed by atoms with Crippen LogP contribution in [0, 0.1) is 10.8 Å². The minimum Gasteiger partial charge on any atom is -0.334 e. The molecule has 8 heteroatoms. The molecule has 2 fully saturated rings. The lowest BCUT2D eigenvalue weighted by Gasteiger charge is -2.54. The van der Waals surface area contributed by atoms with Crippen LogP contribution in [-0.4, -0.2) is 43.5 Å². The number of likely N-dealkylation sites (tertiary alicyclic amines) is 1. The van der Waals surface area contributed by atoms with E-state index in [4.69, 9.17) is 5.41 Å². The Hall–Kier alpha value is -1.83. The molecule has 3 heterocycles. The fourth-order valence-electron chi connectivity index (χ4n) is 3.20. The Morgan fingerprint density at radius 2 is 2.32 bits per heavy atom. The van der Waals surface area contributed by atoms with E-state index >= 15 is 0 Å². The van der Waals surface area contributed by atoms with Gasteiger partial charge >= 0.3 is 0 Å². The average molecular weight is 321 g/mol. The number of amides is 2. The van der Waals surface area contributed by atoms with Gasteiger partial charge in [-0.1, -0.05) is 25.6 Å². The highest BCUT2D eigenvalue weighted by atomic mass is 32.2. The van der Waals surface area contributed by atoms with Gasteiger partial charge in [0, 0.05) is 37.2 Å². The summed E-state index contributed by atoms with van der Waals surface area (Å²) in [5.41, 5.74) is 1.01. The van der Waals surface area contributed by atoms with E-state index in [9.17, 15) is 9.59 Å². The Bertz CT molecular complexity index is 653. The third-order valence-electron chi connectivity index (χ3n) is 4.14. The molecule has 0 spiro atoms. The van der Waals surface area contributed by atoms with Gasteiger partial charge in [0.15, 0.2) is 5.17 Å². The van der Waals surface area contributed by atoms with E-state index in [1.54, 1.807) is 10.9 Å². The van der Waals surface area contributed by atoms with Crippen LogP contribution in [0.1, 0.15) is 31.9 Å². The SMILES string of the molecule is Cn1cc(C2N(C(=O)CC3SC(=N)NC3=O)CC2(C)C)cn1. The third-order valence-corrected chi connectivity index (χ3v) is 5.14. The fraction of sp³-hybridized carbons (Fsp3) is 0.571. The van der Waals surface area contributed by atoms with Crippen molar-refractivity contribution in [3.05, 3.63) is 18.0 Å². The molecule has 2 N–H and O–H groups in total. The van der Waals surface area contributed by atoms with Gasteiger partial charge in [0.2, 0.25) is 11.8 Å². The minimum absolute atomic E-state index is 0.00349. The number of aromatic nitrogens is 2. The molecule has 2 aliphatic rings. The van der Waals surface area contributed by atoms with E-state index in [0.29, 0.717) is 6.54 Å². The zero-order chi connectivity index (χ0) is 16.1. The topological polar surface area (TPSA) is 91.1 Å². The molecule has 0 aromatic carbocycles. The van der Waals surface area contributed by atoms with Crippen LogP contribution < -0.4 is 5.32 Å². The molecule has 0 aliphatic carbocycles. The number of nitrogens with one attached hydrogen (secondary N) is 2.